The summed E-state index contributed by atoms with van der Waals surface area (Å²) in [6.45, 7) is 11.5. The molecular formula is C18H35NO2. The summed E-state index contributed by atoms with van der Waals surface area (Å²) in [5.41, 5.74) is 0.0111. The molecule has 1 aliphatic heterocycles. The van der Waals surface area contributed by atoms with Crippen LogP contribution < -0.4 is 5.32 Å². The molecule has 124 valence electrons. The number of rotatable bonds is 8. The Morgan fingerprint density at radius 2 is 1.52 bits per heavy atom. The summed E-state index contributed by atoms with van der Waals surface area (Å²) in [4.78, 5) is 12.3. The van der Waals surface area contributed by atoms with Crippen LogP contribution >= 0.6 is 0 Å². The summed E-state index contributed by atoms with van der Waals surface area (Å²) in [6.07, 6.45) is 9.08. The van der Waals surface area contributed by atoms with E-state index in [0.717, 1.165) is 19.3 Å². The van der Waals surface area contributed by atoms with Gasteiger partial charge in [0, 0.05) is 11.1 Å². The molecule has 0 bridgehead atoms. The van der Waals surface area contributed by atoms with Gasteiger partial charge >= 0.3 is 5.97 Å². The number of hydrogen-bond acceptors (Lipinski definition) is 3. The molecule has 0 aromatic heterocycles. The van der Waals surface area contributed by atoms with Gasteiger partial charge in [0.05, 0.1) is 12.5 Å². The van der Waals surface area contributed by atoms with Crippen LogP contribution in [0.5, 0.6) is 0 Å². The number of piperidine rings is 1. The highest BCUT2D eigenvalue weighted by molar-refractivity contribution is 5.73. The van der Waals surface area contributed by atoms with Gasteiger partial charge in [0.15, 0.2) is 0 Å². The minimum atomic E-state index is 0.00554. The molecule has 0 radical (unpaired) electrons. The number of carbonyl (C=O) groups excluding carboxylic acids is 1. The maximum Gasteiger partial charge on any atom is 0.309 e. The van der Waals surface area contributed by atoms with Crippen LogP contribution in [-0.2, 0) is 9.53 Å². The van der Waals surface area contributed by atoms with Gasteiger partial charge < -0.3 is 10.1 Å². The Kier molecular flexibility index (Phi) is 7.19. The molecule has 3 nitrogen and oxygen atoms in total. The van der Waals surface area contributed by atoms with Crippen LogP contribution in [0.1, 0.15) is 86.0 Å². The van der Waals surface area contributed by atoms with Crippen molar-refractivity contribution >= 4 is 5.97 Å². The van der Waals surface area contributed by atoms with E-state index in [-0.39, 0.29) is 23.0 Å². The molecule has 1 heterocycles. The predicted octanol–water partition coefficient (Wildman–Crippen LogP) is 4.45. The van der Waals surface area contributed by atoms with E-state index in [2.05, 4.69) is 39.9 Å². The molecule has 1 N–H and O–H groups in total. The normalized spacial score (nSPS) is 21.2. The van der Waals surface area contributed by atoms with Gasteiger partial charge in [-0.05, 0) is 47.0 Å². The predicted molar refractivity (Wildman–Crippen MR) is 88.4 cm³/mol. The van der Waals surface area contributed by atoms with E-state index in [0.29, 0.717) is 6.61 Å². The molecule has 0 spiro atoms. The zero-order chi connectivity index (χ0) is 15.9. The number of unbranched alkanes of at least 4 members (excludes halogenated alkanes) is 5. The van der Waals surface area contributed by atoms with Gasteiger partial charge in [-0.15, -0.1) is 0 Å². The first kappa shape index (κ1) is 18.5. The lowest BCUT2D eigenvalue weighted by Gasteiger charge is -2.45. The Morgan fingerprint density at radius 1 is 1.00 bits per heavy atom. The number of esters is 1. The van der Waals surface area contributed by atoms with Crippen LogP contribution in [0.3, 0.4) is 0 Å². The number of ether oxygens (including phenoxy) is 1. The summed E-state index contributed by atoms with van der Waals surface area (Å²) in [6, 6.07) is 0. The van der Waals surface area contributed by atoms with Crippen molar-refractivity contribution in [2.24, 2.45) is 5.92 Å². The molecule has 21 heavy (non-hydrogen) atoms. The van der Waals surface area contributed by atoms with Gasteiger partial charge in [-0.1, -0.05) is 39.0 Å². The van der Waals surface area contributed by atoms with Crippen molar-refractivity contribution in [3.63, 3.8) is 0 Å². The third-order valence-electron chi connectivity index (χ3n) is 4.27. The number of hydrogen-bond donors (Lipinski definition) is 1. The van der Waals surface area contributed by atoms with Crippen molar-refractivity contribution in [3.05, 3.63) is 0 Å². The average Bonchev–Trinajstić information content (AvgIpc) is 2.33. The van der Waals surface area contributed by atoms with Crippen LogP contribution in [0.25, 0.3) is 0 Å². The maximum absolute atomic E-state index is 12.3. The molecule has 0 aromatic carbocycles. The van der Waals surface area contributed by atoms with Crippen LogP contribution in [0.2, 0.25) is 0 Å². The summed E-state index contributed by atoms with van der Waals surface area (Å²) in [7, 11) is 0. The largest absolute Gasteiger partial charge is 0.465 e. The van der Waals surface area contributed by atoms with Crippen molar-refractivity contribution < 1.29 is 9.53 Å². The minimum absolute atomic E-state index is 0.00554. The summed E-state index contributed by atoms with van der Waals surface area (Å²) in [5.74, 6) is 0.0440. The summed E-state index contributed by atoms with van der Waals surface area (Å²) < 4.78 is 5.51. The molecule has 1 aliphatic rings. The van der Waals surface area contributed by atoms with Crippen molar-refractivity contribution in [1.29, 1.82) is 0 Å². The van der Waals surface area contributed by atoms with Crippen molar-refractivity contribution in [3.8, 4) is 0 Å². The molecule has 0 amide bonds. The first-order chi connectivity index (χ1) is 9.76. The molecule has 1 rings (SSSR count). The van der Waals surface area contributed by atoms with Crippen molar-refractivity contribution in [2.75, 3.05) is 6.61 Å². The first-order valence-corrected chi connectivity index (χ1v) is 8.72. The van der Waals surface area contributed by atoms with Crippen molar-refractivity contribution in [2.45, 2.75) is 97.1 Å². The standard InChI is InChI=1S/C18H35NO2/c1-6-7-8-9-10-11-12-21-16(20)15-13-17(2,3)19-18(4,5)14-15/h15,19H,6-14H2,1-5H3. The highest BCUT2D eigenvalue weighted by Crippen LogP contribution is 2.33. The Labute approximate surface area is 131 Å². The average molecular weight is 297 g/mol. The number of nitrogens with one attached hydrogen (secondary N) is 1. The fourth-order valence-corrected chi connectivity index (χ4v) is 3.66. The number of carbonyl (C=O) groups is 1. The second kappa shape index (κ2) is 8.17. The molecule has 3 heteroatoms. The Morgan fingerprint density at radius 3 is 2.10 bits per heavy atom. The van der Waals surface area contributed by atoms with E-state index >= 15 is 0 Å². The summed E-state index contributed by atoms with van der Waals surface area (Å²) in [5, 5.41) is 3.60. The zero-order valence-corrected chi connectivity index (χ0v) is 14.8. The monoisotopic (exact) mass is 297 g/mol. The lowest BCUT2D eigenvalue weighted by molar-refractivity contribution is -0.152. The quantitative estimate of drug-likeness (QED) is 0.531. The lowest BCUT2D eigenvalue weighted by atomic mass is 9.76. The lowest BCUT2D eigenvalue weighted by Crippen LogP contribution is -2.59. The molecule has 0 aliphatic carbocycles. The molecule has 0 unspecified atom stereocenters. The van der Waals surface area contributed by atoms with E-state index in [9.17, 15) is 4.79 Å². The second-order valence-corrected chi connectivity index (χ2v) is 7.93. The molecule has 0 atom stereocenters. The van der Waals surface area contributed by atoms with Crippen LogP contribution in [-0.4, -0.2) is 23.7 Å². The highest BCUT2D eigenvalue weighted by atomic mass is 16.5. The molecule has 1 saturated heterocycles. The minimum Gasteiger partial charge on any atom is -0.465 e. The molecule has 0 saturated carbocycles. The Hall–Kier alpha value is -0.570. The van der Waals surface area contributed by atoms with Gasteiger partial charge in [0.1, 0.15) is 0 Å². The van der Waals surface area contributed by atoms with E-state index in [1.165, 1.54) is 32.1 Å². The molecule has 1 fully saturated rings. The highest BCUT2D eigenvalue weighted by Gasteiger charge is 2.41. The molecular weight excluding hydrogens is 262 g/mol. The van der Waals surface area contributed by atoms with E-state index in [1.54, 1.807) is 0 Å². The van der Waals surface area contributed by atoms with Gasteiger partial charge in [-0.25, -0.2) is 0 Å². The summed E-state index contributed by atoms with van der Waals surface area (Å²) >= 11 is 0. The Balaban J connectivity index is 2.25. The van der Waals surface area contributed by atoms with Gasteiger partial charge in [-0.2, -0.15) is 0 Å². The van der Waals surface area contributed by atoms with Crippen LogP contribution in [0.15, 0.2) is 0 Å². The van der Waals surface area contributed by atoms with Gasteiger partial charge in [0.2, 0.25) is 0 Å². The molecule has 0 aromatic rings. The topological polar surface area (TPSA) is 38.3 Å². The smallest absolute Gasteiger partial charge is 0.309 e. The maximum atomic E-state index is 12.3. The van der Waals surface area contributed by atoms with E-state index in [1.807, 2.05) is 0 Å². The van der Waals surface area contributed by atoms with Crippen LogP contribution in [0.4, 0.5) is 0 Å². The first-order valence-electron chi connectivity index (χ1n) is 8.72. The van der Waals surface area contributed by atoms with E-state index in [4.69, 9.17) is 4.74 Å². The second-order valence-electron chi connectivity index (χ2n) is 7.93. The SMILES string of the molecule is CCCCCCCCOC(=O)C1CC(C)(C)NC(C)(C)C1. The van der Waals surface area contributed by atoms with Crippen LogP contribution in [0, 0.1) is 5.92 Å². The zero-order valence-electron chi connectivity index (χ0n) is 14.8. The fraction of sp³-hybridized carbons (Fsp3) is 0.944. The van der Waals surface area contributed by atoms with Gasteiger partial charge in [-0.3, -0.25) is 4.79 Å². The third-order valence-corrected chi connectivity index (χ3v) is 4.27. The third kappa shape index (κ3) is 7.30. The Bertz CT molecular complexity index is 307. The van der Waals surface area contributed by atoms with Gasteiger partial charge in [0.25, 0.3) is 0 Å². The van der Waals surface area contributed by atoms with E-state index < -0.39 is 0 Å². The fourth-order valence-electron chi connectivity index (χ4n) is 3.66. The van der Waals surface area contributed by atoms with Crippen molar-refractivity contribution in [1.82, 2.24) is 5.32 Å².